The first-order valence-corrected chi connectivity index (χ1v) is 4.19. The van der Waals surface area contributed by atoms with Crippen LogP contribution in [0.15, 0.2) is 6.20 Å². The Bertz CT molecular complexity index is 305. The summed E-state index contributed by atoms with van der Waals surface area (Å²) >= 11 is 0. The van der Waals surface area contributed by atoms with Crippen molar-refractivity contribution in [3.8, 4) is 0 Å². The molecule has 0 saturated carbocycles. The van der Waals surface area contributed by atoms with E-state index >= 15 is 0 Å². The Labute approximate surface area is 84.1 Å². The molecule has 0 radical (unpaired) electrons. The zero-order chi connectivity index (χ0) is 11.3. The van der Waals surface area contributed by atoms with E-state index in [4.69, 9.17) is 14.9 Å². The second kappa shape index (κ2) is 5.10. The van der Waals surface area contributed by atoms with Gasteiger partial charge in [0.1, 0.15) is 12.3 Å². The normalized spacial score (nSPS) is 12.0. The van der Waals surface area contributed by atoms with Crippen LogP contribution in [0.25, 0.3) is 0 Å². The second-order valence-electron chi connectivity index (χ2n) is 2.75. The van der Waals surface area contributed by atoms with Crippen molar-refractivity contribution in [2.45, 2.75) is 12.7 Å². The van der Waals surface area contributed by atoms with E-state index in [0.29, 0.717) is 0 Å². The van der Waals surface area contributed by atoms with Gasteiger partial charge in [0.2, 0.25) is 0 Å². The second-order valence-corrected chi connectivity index (χ2v) is 2.75. The Morgan fingerprint density at radius 1 is 1.47 bits per heavy atom. The zero-order valence-electron chi connectivity index (χ0n) is 7.81. The van der Waals surface area contributed by atoms with Gasteiger partial charge in [-0.15, -0.1) is 5.10 Å². The van der Waals surface area contributed by atoms with E-state index in [1.807, 2.05) is 0 Å². The van der Waals surface area contributed by atoms with Gasteiger partial charge < -0.3 is 14.9 Å². The van der Waals surface area contributed by atoms with Crippen LogP contribution in [0.2, 0.25) is 0 Å². The van der Waals surface area contributed by atoms with Crippen molar-refractivity contribution < 1.29 is 23.7 Å². The highest BCUT2D eigenvalue weighted by Gasteiger charge is 2.31. The zero-order valence-corrected chi connectivity index (χ0v) is 7.81. The third-order valence-electron chi connectivity index (χ3n) is 1.55. The number of aromatic nitrogens is 3. The van der Waals surface area contributed by atoms with Crippen molar-refractivity contribution in [1.29, 1.82) is 0 Å². The number of rotatable bonds is 6. The number of nitrogens with zero attached hydrogens (tertiary/aromatic N) is 3. The molecule has 0 bridgehead atoms. The molecular formula is C7H11F2N3O3. The van der Waals surface area contributed by atoms with Gasteiger partial charge in [-0.3, -0.25) is 0 Å². The maximum atomic E-state index is 12.8. The topological polar surface area (TPSA) is 80.4 Å². The van der Waals surface area contributed by atoms with Crippen LogP contribution in [0.3, 0.4) is 0 Å². The summed E-state index contributed by atoms with van der Waals surface area (Å²) in [5.41, 5.74) is 0.205. The quantitative estimate of drug-likeness (QED) is 0.625. The summed E-state index contributed by atoms with van der Waals surface area (Å²) in [7, 11) is 0. The van der Waals surface area contributed by atoms with Crippen molar-refractivity contribution in [3.63, 3.8) is 0 Å². The van der Waals surface area contributed by atoms with Gasteiger partial charge >= 0.3 is 6.05 Å². The van der Waals surface area contributed by atoms with Crippen LogP contribution in [0.5, 0.6) is 0 Å². The molecule has 0 aliphatic carbocycles. The molecule has 8 heteroatoms. The molecular weight excluding hydrogens is 212 g/mol. The molecule has 0 aliphatic heterocycles. The van der Waals surface area contributed by atoms with Gasteiger partial charge in [-0.25, -0.2) is 0 Å². The fourth-order valence-electron chi connectivity index (χ4n) is 0.838. The van der Waals surface area contributed by atoms with Gasteiger partial charge in [0.05, 0.1) is 26.0 Å². The molecule has 1 rings (SSSR count). The van der Waals surface area contributed by atoms with E-state index in [-0.39, 0.29) is 30.2 Å². The minimum Gasteiger partial charge on any atom is -0.394 e. The van der Waals surface area contributed by atoms with Gasteiger partial charge in [0.25, 0.3) is 0 Å². The van der Waals surface area contributed by atoms with Crippen LogP contribution in [0.4, 0.5) is 8.78 Å². The molecule has 1 aromatic heterocycles. The van der Waals surface area contributed by atoms with Gasteiger partial charge in [-0.1, -0.05) is 5.21 Å². The minimum atomic E-state index is -3.46. The standard InChI is InChI=1S/C7H11F2N3O3/c8-7(9,5-14)12-3-6(10-11-12)4-15-2-1-13/h3,13-14H,1-2,4-5H2. The van der Waals surface area contributed by atoms with E-state index < -0.39 is 12.7 Å². The predicted octanol–water partition coefficient (Wildman–Crippen LogP) is -0.671. The average Bonchev–Trinajstić information content (AvgIpc) is 2.68. The lowest BCUT2D eigenvalue weighted by molar-refractivity contribution is -0.131. The van der Waals surface area contributed by atoms with Gasteiger partial charge in [-0.2, -0.15) is 13.5 Å². The van der Waals surface area contributed by atoms with Crippen LogP contribution in [0, 0.1) is 0 Å². The van der Waals surface area contributed by atoms with Crippen molar-refractivity contribution in [1.82, 2.24) is 15.0 Å². The summed E-state index contributed by atoms with van der Waals surface area (Å²) in [6.45, 7) is -1.40. The molecule has 1 heterocycles. The average molecular weight is 223 g/mol. The number of hydrogen-bond donors (Lipinski definition) is 2. The molecule has 0 unspecified atom stereocenters. The molecule has 0 aromatic carbocycles. The highest BCUT2D eigenvalue weighted by Crippen LogP contribution is 2.18. The van der Waals surface area contributed by atoms with Gasteiger partial charge in [-0.05, 0) is 0 Å². The molecule has 86 valence electrons. The summed E-state index contributed by atoms with van der Waals surface area (Å²) in [6.07, 6.45) is 0.980. The Balaban J connectivity index is 2.56. The molecule has 15 heavy (non-hydrogen) atoms. The van der Waals surface area contributed by atoms with Crippen molar-refractivity contribution in [2.75, 3.05) is 19.8 Å². The molecule has 0 amide bonds. The van der Waals surface area contributed by atoms with Crippen molar-refractivity contribution >= 4 is 0 Å². The van der Waals surface area contributed by atoms with Crippen molar-refractivity contribution in [2.24, 2.45) is 0 Å². The number of alkyl halides is 2. The highest BCUT2D eigenvalue weighted by molar-refractivity contribution is 4.91. The number of hydrogen-bond acceptors (Lipinski definition) is 5. The van der Waals surface area contributed by atoms with Crippen LogP contribution in [0.1, 0.15) is 5.69 Å². The maximum absolute atomic E-state index is 12.8. The van der Waals surface area contributed by atoms with E-state index in [0.717, 1.165) is 6.20 Å². The molecule has 0 aliphatic rings. The summed E-state index contributed by atoms with van der Waals surface area (Å²) in [4.78, 5) is 0. The monoisotopic (exact) mass is 223 g/mol. The molecule has 0 atom stereocenters. The van der Waals surface area contributed by atoms with E-state index in [1.54, 1.807) is 0 Å². The third-order valence-corrected chi connectivity index (χ3v) is 1.55. The number of halogens is 2. The van der Waals surface area contributed by atoms with E-state index in [9.17, 15) is 8.78 Å². The Kier molecular flexibility index (Phi) is 4.06. The fraction of sp³-hybridized carbons (Fsp3) is 0.714. The third kappa shape index (κ3) is 3.18. The molecule has 2 N–H and O–H groups in total. The Morgan fingerprint density at radius 3 is 2.80 bits per heavy atom. The smallest absolute Gasteiger partial charge is 0.367 e. The Hall–Kier alpha value is -1.12. The summed E-state index contributed by atoms with van der Waals surface area (Å²) in [6, 6.07) is -3.46. The number of aliphatic hydroxyl groups excluding tert-OH is 2. The summed E-state index contributed by atoms with van der Waals surface area (Å²) < 4.78 is 30.8. The highest BCUT2D eigenvalue weighted by atomic mass is 19.3. The lowest BCUT2D eigenvalue weighted by Crippen LogP contribution is -2.27. The molecule has 0 fully saturated rings. The van der Waals surface area contributed by atoms with Crippen LogP contribution >= 0.6 is 0 Å². The van der Waals surface area contributed by atoms with Gasteiger partial charge in [0, 0.05) is 0 Å². The molecule has 1 aromatic rings. The largest absolute Gasteiger partial charge is 0.394 e. The summed E-state index contributed by atoms with van der Waals surface area (Å²) in [5.74, 6) is 0. The fourth-order valence-corrected chi connectivity index (χ4v) is 0.838. The molecule has 6 nitrogen and oxygen atoms in total. The minimum absolute atomic E-state index is 0.0118. The summed E-state index contributed by atoms with van der Waals surface area (Å²) in [5, 5.41) is 23.3. The SMILES string of the molecule is OCCOCc1cn(C(F)(F)CO)nn1. The van der Waals surface area contributed by atoms with E-state index in [2.05, 4.69) is 10.3 Å². The number of aliphatic hydroxyl groups is 2. The van der Waals surface area contributed by atoms with Crippen LogP contribution in [-0.2, 0) is 17.4 Å². The first kappa shape index (κ1) is 12.0. The lowest BCUT2D eigenvalue weighted by Gasteiger charge is -2.11. The Morgan fingerprint density at radius 2 is 2.20 bits per heavy atom. The first-order valence-electron chi connectivity index (χ1n) is 4.19. The molecule has 0 spiro atoms. The van der Waals surface area contributed by atoms with E-state index in [1.165, 1.54) is 0 Å². The number of ether oxygens (including phenoxy) is 1. The first-order chi connectivity index (χ1) is 7.10. The maximum Gasteiger partial charge on any atom is 0.367 e. The van der Waals surface area contributed by atoms with Crippen molar-refractivity contribution in [3.05, 3.63) is 11.9 Å². The van der Waals surface area contributed by atoms with Gasteiger partial charge in [0.15, 0.2) is 0 Å². The van der Waals surface area contributed by atoms with Crippen LogP contribution < -0.4 is 0 Å². The van der Waals surface area contributed by atoms with Crippen LogP contribution in [-0.4, -0.2) is 45.0 Å². The predicted molar refractivity (Wildman–Crippen MR) is 44.0 cm³/mol. The molecule has 0 saturated heterocycles. The lowest BCUT2D eigenvalue weighted by atomic mass is 10.5.